The summed E-state index contributed by atoms with van der Waals surface area (Å²) in [6, 6.07) is 3.82. The monoisotopic (exact) mass is 206 g/mol. The number of hydrogen-bond acceptors (Lipinski definition) is 4. The van der Waals surface area contributed by atoms with Crippen molar-refractivity contribution in [1.82, 2.24) is 10.3 Å². The second kappa shape index (κ2) is 3.86. The van der Waals surface area contributed by atoms with Crippen molar-refractivity contribution < 1.29 is 4.79 Å². The lowest BCUT2D eigenvalue weighted by atomic mass is 10.1. The number of pyridine rings is 1. The van der Waals surface area contributed by atoms with E-state index in [4.69, 9.17) is 5.73 Å². The highest BCUT2D eigenvalue weighted by Gasteiger charge is 2.24. The Morgan fingerprint density at radius 2 is 2.40 bits per heavy atom. The molecule has 0 unspecified atom stereocenters. The predicted molar refractivity (Wildman–Crippen MR) is 57.8 cm³/mol. The summed E-state index contributed by atoms with van der Waals surface area (Å²) in [4.78, 5) is 17.4. The zero-order chi connectivity index (χ0) is 10.8. The summed E-state index contributed by atoms with van der Waals surface area (Å²) in [7, 11) is 1.93. The molecule has 0 radical (unpaired) electrons. The Morgan fingerprint density at radius 3 is 2.93 bits per heavy atom. The smallest absolute Gasteiger partial charge is 0.252 e. The van der Waals surface area contributed by atoms with Crippen molar-refractivity contribution in [2.24, 2.45) is 5.73 Å². The Kier molecular flexibility index (Phi) is 2.55. The zero-order valence-electron chi connectivity index (χ0n) is 8.60. The number of rotatable bonds is 3. The molecule has 0 spiro atoms. The molecule has 3 N–H and O–H groups in total. The molecule has 0 aromatic carbocycles. The summed E-state index contributed by atoms with van der Waals surface area (Å²) in [6.45, 7) is 1.84. The zero-order valence-corrected chi connectivity index (χ0v) is 8.60. The van der Waals surface area contributed by atoms with E-state index < -0.39 is 5.91 Å². The molecule has 15 heavy (non-hydrogen) atoms. The molecule has 1 aliphatic rings. The lowest BCUT2D eigenvalue weighted by molar-refractivity contribution is 0.100. The molecule has 0 aliphatic carbocycles. The number of hydrogen-bond donors (Lipinski definition) is 2. The third-order valence-electron chi connectivity index (χ3n) is 2.69. The summed E-state index contributed by atoms with van der Waals surface area (Å²) in [5.74, 6) is 0.230. The fourth-order valence-electron chi connectivity index (χ4n) is 1.59. The number of nitrogens with two attached hydrogens (primary N) is 1. The van der Waals surface area contributed by atoms with Gasteiger partial charge < -0.3 is 16.0 Å². The van der Waals surface area contributed by atoms with Gasteiger partial charge >= 0.3 is 0 Å². The van der Waals surface area contributed by atoms with Crippen LogP contribution in [-0.2, 0) is 0 Å². The van der Waals surface area contributed by atoms with Gasteiger partial charge in [-0.05, 0) is 12.1 Å². The van der Waals surface area contributed by atoms with Gasteiger partial charge in [0.15, 0.2) is 0 Å². The fourth-order valence-corrected chi connectivity index (χ4v) is 1.59. The molecule has 1 aromatic heterocycles. The number of anilines is 1. The molecule has 1 fully saturated rings. The Labute approximate surface area is 88.3 Å². The van der Waals surface area contributed by atoms with Gasteiger partial charge in [-0.2, -0.15) is 0 Å². The summed E-state index contributed by atoms with van der Waals surface area (Å²) in [5, 5.41) is 3.17. The van der Waals surface area contributed by atoms with E-state index in [9.17, 15) is 4.79 Å². The molecule has 5 nitrogen and oxygen atoms in total. The Balaban J connectivity index is 2.29. The van der Waals surface area contributed by atoms with Crippen molar-refractivity contribution >= 4 is 11.7 Å². The minimum Gasteiger partial charge on any atom is -0.365 e. The number of carbonyl (C=O) groups excluding carboxylic acids is 1. The molecule has 0 saturated carbocycles. The van der Waals surface area contributed by atoms with Crippen LogP contribution in [0.4, 0.5) is 5.82 Å². The van der Waals surface area contributed by atoms with Crippen molar-refractivity contribution in [2.75, 3.05) is 25.0 Å². The average Bonchev–Trinajstić information content (AvgIpc) is 2.15. The van der Waals surface area contributed by atoms with Gasteiger partial charge in [0, 0.05) is 26.3 Å². The van der Waals surface area contributed by atoms with Crippen LogP contribution in [-0.4, -0.2) is 37.1 Å². The number of carbonyl (C=O) groups is 1. The quantitative estimate of drug-likeness (QED) is 0.705. The minimum atomic E-state index is -0.433. The van der Waals surface area contributed by atoms with Gasteiger partial charge in [-0.15, -0.1) is 0 Å². The Morgan fingerprint density at radius 1 is 1.67 bits per heavy atom. The van der Waals surface area contributed by atoms with E-state index in [-0.39, 0.29) is 0 Å². The highest BCUT2D eigenvalue weighted by molar-refractivity contribution is 5.97. The van der Waals surface area contributed by atoms with E-state index in [1.54, 1.807) is 18.3 Å². The third-order valence-corrected chi connectivity index (χ3v) is 2.69. The fraction of sp³-hybridized carbons (Fsp3) is 0.400. The van der Waals surface area contributed by atoms with E-state index in [2.05, 4.69) is 10.3 Å². The first-order chi connectivity index (χ1) is 7.20. The molecule has 1 saturated heterocycles. The predicted octanol–water partition coefficient (Wildman–Crippen LogP) is -0.411. The SMILES string of the molecule is CN(c1ncccc1C(N)=O)C1CNC1. The van der Waals surface area contributed by atoms with Crippen LogP contribution in [0, 0.1) is 0 Å². The molecule has 2 rings (SSSR count). The highest BCUT2D eigenvalue weighted by atomic mass is 16.1. The number of aromatic nitrogens is 1. The van der Waals surface area contributed by atoms with Crippen molar-refractivity contribution in [3.63, 3.8) is 0 Å². The number of nitrogens with zero attached hydrogens (tertiary/aromatic N) is 2. The molecule has 80 valence electrons. The largest absolute Gasteiger partial charge is 0.365 e. The summed E-state index contributed by atoms with van der Waals surface area (Å²) < 4.78 is 0. The number of nitrogens with one attached hydrogen (secondary N) is 1. The molecule has 1 amide bonds. The lowest BCUT2D eigenvalue weighted by Gasteiger charge is -2.36. The van der Waals surface area contributed by atoms with Crippen LogP contribution in [0.15, 0.2) is 18.3 Å². The normalized spacial score (nSPS) is 15.8. The summed E-state index contributed by atoms with van der Waals surface area (Å²) in [5.41, 5.74) is 5.77. The standard InChI is InChI=1S/C10H14N4O/c1-14(7-5-12-6-7)10-8(9(11)15)3-2-4-13-10/h2-4,7,12H,5-6H2,1H3,(H2,11,15). The van der Waals surface area contributed by atoms with Crippen molar-refractivity contribution in [3.8, 4) is 0 Å². The van der Waals surface area contributed by atoms with Crippen LogP contribution >= 0.6 is 0 Å². The number of likely N-dealkylation sites (N-methyl/N-ethyl adjacent to an activating group) is 1. The van der Waals surface area contributed by atoms with Gasteiger partial charge in [-0.25, -0.2) is 4.98 Å². The van der Waals surface area contributed by atoms with Crippen LogP contribution in [0.5, 0.6) is 0 Å². The van der Waals surface area contributed by atoms with Crippen molar-refractivity contribution in [2.45, 2.75) is 6.04 Å². The Bertz CT molecular complexity index is 375. The maximum absolute atomic E-state index is 11.2. The average molecular weight is 206 g/mol. The van der Waals surface area contributed by atoms with Crippen LogP contribution < -0.4 is 16.0 Å². The van der Waals surface area contributed by atoms with Crippen LogP contribution in [0.3, 0.4) is 0 Å². The molecule has 2 heterocycles. The van der Waals surface area contributed by atoms with Crippen molar-refractivity contribution in [1.29, 1.82) is 0 Å². The molecule has 1 aliphatic heterocycles. The molecular formula is C10H14N4O. The van der Waals surface area contributed by atoms with Gasteiger partial charge in [0.2, 0.25) is 0 Å². The second-order valence-corrected chi connectivity index (χ2v) is 3.66. The second-order valence-electron chi connectivity index (χ2n) is 3.66. The molecule has 0 bridgehead atoms. The van der Waals surface area contributed by atoms with E-state index in [1.807, 2.05) is 11.9 Å². The summed E-state index contributed by atoms with van der Waals surface area (Å²) in [6.07, 6.45) is 1.67. The van der Waals surface area contributed by atoms with E-state index in [0.717, 1.165) is 13.1 Å². The Hall–Kier alpha value is -1.62. The first-order valence-electron chi connectivity index (χ1n) is 4.88. The summed E-state index contributed by atoms with van der Waals surface area (Å²) >= 11 is 0. The molecular weight excluding hydrogens is 192 g/mol. The first-order valence-corrected chi connectivity index (χ1v) is 4.88. The van der Waals surface area contributed by atoms with Crippen LogP contribution in [0.1, 0.15) is 10.4 Å². The maximum atomic E-state index is 11.2. The van der Waals surface area contributed by atoms with E-state index in [1.165, 1.54) is 0 Å². The van der Waals surface area contributed by atoms with Gasteiger partial charge in [-0.3, -0.25) is 4.79 Å². The molecule has 0 atom stereocenters. The first kappa shape index (κ1) is 9.92. The van der Waals surface area contributed by atoms with Gasteiger partial charge in [0.05, 0.1) is 11.6 Å². The molecule has 1 aromatic rings. The van der Waals surface area contributed by atoms with Crippen molar-refractivity contribution in [3.05, 3.63) is 23.9 Å². The topological polar surface area (TPSA) is 71.2 Å². The van der Waals surface area contributed by atoms with E-state index in [0.29, 0.717) is 17.4 Å². The lowest BCUT2D eigenvalue weighted by Crippen LogP contribution is -2.56. The van der Waals surface area contributed by atoms with Gasteiger partial charge in [0.25, 0.3) is 5.91 Å². The highest BCUT2D eigenvalue weighted by Crippen LogP contribution is 2.18. The van der Waals surface area contributed by atoms with Crippen LogP contribution in [0.25, 0.3) is 0 Å². The van der Waals surface area contributed by atoms with Gasteiger partial charge in [0.1, 0.15) is 5.82 Å². The number of amides is 1. The number of primary amides is 1. The third kappa shape index (κ3) is 1.78. The maximum Gasteiger partial charge on any atom is 0.252 e. The van der Waals surface area contributed by atoms with E-state index >= 15 is 0 Å². The van der Waals surface area contributed by atoms with Gasteiger partial charge in [-0.1, -0.05) is 0 Å². The minimum absolute atomic E-state index is 0.401. The van der Waals surface area contributed by atoms with Crippen LogP contribution in [0.2, 0.25) is 0 Å². The molecule has 5 heteroatoms.